The third kappa shape index (κ3) is 130. The molecule has 1 aromatic rings. The van der Waals surface area contributed by atoms with E-state index in [1.165, 1.54) is 5.56 Å². The van der Waals surface area contributed by atoms with E-state index >= 15 is 0 Å². The fourth-order valence-electron chi connectivity index (χ4n) is 0.852. The van der Waals surface area contributed by atoms with Crippen LogP contribution in [0.25, 0.3) is 0 Å². The number of rotatable bonds is 0. The molecule has 23 heteroatoms. The summed E-state index contributed by atoms with van der Waals surface area (Å²) < 4.78 is 178. The van der Waals surface area contributed by atoms with Crippen molar-refractivity contribution < 1.29 is 95.6 Å². The molecule has 0 aliphatic carbocycles. The SMILES string of the molecule is CC(C)(C)c1ccncc1.F[P-](F)(F)(F)(F)F.F[P-](F)(F)(F)(F)F.F[P-](F)(F)(F)(F)F.[Ir+3]. The largest absolute Gasteiger partial charge is 3.00 e. The molecule has 0 spiro atoms. The van der Waals surface area contributed by atoms with Gasteiger partial charge in [0, 0.05) is 12.4 Å². The van der Waals surface area contributed by atoms with E-state index in [0.717, 1.165) is 0 Å². The first kappa shape index (κ1) is 39.1. The van der Waals surface area contributed by atoms with E-state index < -0.39 is 23.4 Å². The Labute approximate surface area is 181 Å². The minimum absolute atomic E-state index is 0. The van der Waals surface area contributed by atoms with E-state index in [2.05, 4.69) is 37.9 Å². The first-order valence-corrected chi connectivity index (χ1v) is 12.6. The van der Waals surface area contributed by atoms with Crippen LogP contribution in [-0.2, 0) is 25.5 Å². The van der Waals surface area contributed by atoms with Crippen LogP contribution in [0.5, 0.6) is 0 Å². The topological polar surface area (TPSA) is 12.9 Å². The summed E-state index contributed by atoms with van der Waals surface area (Å²) in [6, 6.07) is 4.11. The maximum atomic E-state index is 9.87. The molecule has 0 aromatic carbocycles. The molecular weight excluding hydrogens is 749 g/mol. The molecule has 0 aliphatic heterocycles. The van der Waals surface area contributed by atoms with Gasteiger partial charge in [0.25, 0.3) is 0 Å². The number of pyridine rings is 1. The van der Waals surface area contributed by atoms with Gasteiger partial charge < -0.3 is 0 Å². The predicted molar refractivity (Wildman–Crippen MR) is 83.6 cm³/mol. The summed E-state index contributed by atoms with van der Waals surface area (Å²) in [5.41, 5.74) is 1.59. The van der Waals surface area contributed by atoms with Gasteiger partial charge in [-0.2, -0.15) is 0 Å². The third-order valence-electron chi connectivity index (χ3n) is 1.55. The van der Waals surface area contributed by atoms with Crippen LogP contribution < -0.4 is 0 Å². The van der Waals surface area contributed by atoms with E-state index in [1.807, 2.05) is 12.4 Å². The average molecular weight is 762 g/mol. The Balaban J connectivity index is -0.000000164. The molecule has 0 unspecified atom stereocenters. The van der Waals surface area contributed by atoms with Crippen LogP contribution in [0.4, 0.5) is 75.5 Å². The minimum atomic E-state index is -10.7. The van der Waals surface area contributed by atoms with E-state index in [9.17, 15) is 75.5 Å². The Morgan fingerprint density at radius 3 is 0.750 bits per heavy atom. The maximum absolute atomic E-state index is 10.7. The normalized spacial score (nSPS) is 18.8. The van der Waals surface area contributed by atoms with Gasteiger partial charge in [-0.3, -0.25) is 4.98 Å². The van der Waals surface area contributed by atoms with Gasteiger partial charge in [-0.15, -0.1) is 0 Å². The summed E-state index contributed by atoms with van der Waals surface area (Å²) in [5.74, 6) is 0. The molecule has 204 valence electrons. The molecule has 1 aromatic heterocycles. The zero-order valence-corrected chi connectivity index (χ0v) is 20.3. The van der Waals surface area contributed by atoms with Gasteiger partial charge >= 0.3 is 119 Å². The molecule has 0 saturated carbocycles. The number of aromatic nitrogens is 1. The van der Waals surface area contributed by atoms with Crippen molar-refractivity contribution in [3.8, 4) is 0 Å². The van der Waals surface area contributed by atoms with Gasteiger partial charge in [0.1, 0.15) is 0 Å². The summed E-state index contributed by atoms with van der Waals surface area (Å²) in [4.78, 5) is 3.96. The molecular formula is C9H13F18IrNP3. The van der Waals surface area contributed by atoms with Gasteiger partial charge in [-0.25, -0.2) is 0 Å². The van der Waals surface area contributed by atoms with Gasteiger partial charge in [-0.1, -0.05) is 20.8 Å². The Bertz CT molecular complexity index is 621. The summed E-state index contributed by atoms with van der Waals surface area (Å²) in [7, 11) is -32.0. The van der Waals surface area contributed by atoms with E-state index in [1.54, 1.807) is 0 Å². The zero-order chi connectivity index (χ0) is 26.8. The van der Waals surface area contributed by atoms with Crippen molar-refractivity contribution in [2.75, 3.05) is 0 Å². The van der Waals surface area contributed by atoms with Crippen LogP contribution in [0, 0.1) is 0 Å². The van der Waals surface area contributed by atoms with Crippen molar-refractivity contribution >= 4 is 23.4 Å². The van der Waals surface area contributed by atoms with Crippen molar-refractivity contribution in [3.05, 3.63) is 30.1 Å². The molecule has 1 nitrogen and oxygen atoms in total. The quantitative estimate of drug-likeness (QED) is 0.190. The summed E-state index contributed by atoms with van der Waals surface area (Å²) in [6.45, 7) is 6.59. The fraction of sp³-hybridized carbons (Fsp3) is 0.444. The number of halogens is 18. The van der Waals surface area contributed by atoms with E-state index in [-0.39, 0.29) is 25.5 Å². The van der Waals surface area contributed by atoms with Crippen molar-refractivity contribution in [2.24, 2.45) is 0 Å². The van der Waals surface area contributed by atoms with Gasteiger partial charge in [-0.05, 0) is 23.1 Å². The van der Waals surface area contributed by atoms with Gasteiger partial charge in [0.2, 0.25) is 0 Å². The summed E-state index contributed by atoms with van der Waals surface area (Å²) >= 11 is 0. The molecule has 0 fully saturated rings. The van der Waals surface area contributed by atoms with Crippen molar-refractivity contribution in [2.45, 2.75) is 26.2 Å². The van der Waals surface area contributed by atoms with Crippen molar-refractivity contribution in [1.82, 2.24) is 4.98 Å². The standard InChI is InChI=1S/C9H13N.3F6P.Ir/c1-9(2,3)8-4-6-10-7-5-8;3*1-7(2,3,4,5)6;/h4-7H,1-3H3;;;;/q;3*-1;+3. The van der Waals surface area contributed by atoms with E-state index in [0.29, 0.717) is 0 Å². The summed E-state index contributed by atoms with van der Waals surface area (Å²) in [6.07, 6.45) is 3.67. The molecule has 0 bridgehead atoms. The second-order valence-corrected chi connectivity index (χ2v) is 12.1. The van der Waals surface area contributed by atoms with E-state index in [4.69, 9.17) is 0 Å². The molecule has 1 rings (SSSR count). The van der Waals surface area contributed by atoms with Crippen LogP contribution in [0.2, 0.25) is 0 Å². The van der Waals surface area contributed by atoms with Crippen LogP contribution in [0.15, 0.2) is 24.5 Å². The molecule has 0 radical (unpaired) electrons. The second kappa shape index (κ2) is 7.93. The molecule has 0 amide bonds. The summed E-state index contributed by atoms with van der Waals surface area (Å²) in [5, 5.41) is 0. The number of nitrogens with zero attached hydrogens (tertiary/aromatic N) is 1. The second-order valence-electron chi connectivity index (χ2n) is 6.36. The van der Waals surface area contributed by atoms with Crippen LogP contribution >= 0.6 is 23.4 Å². The monoisotopic (exact) mass is 763 g/mol. The molecule has 0 N–H and O–H groups in total. The van der Waals surface area contributed by atoms with Crippen molar-refractivity contribution in [1.29, 1.82) is 0 Å². The Morgan fingerprint density at radius 1 is 0.500 bits per heavy atom. The van der Waals surface area contributed by atoms with Crippen molar-refractivity contribution in [3.63, 3.8) is 0 Å². The Kier molecular flexibility index (Phi) is 9.68. The first-order chi connectivity index (χ1) is 12.0. The minimum Gasteiger partial charge on any atom is 3.00 e. The molecule has 1 heterocycles. The first-order valence-electron chi connectivity index (χ1n) is 6.55. The smallest absolute Gasteiger partial charge is 3.00 e. The Morgan fingerprint density at radius 2 is 0.656 bits per heavy atom. The maximum Gasteiger partial charge on any atom is 3.00 e. The third-order valence-corrected chi connectivity index (χ3v) is 1.55. The molecule has 32 heavy (non-hydrogen) atoms. The van der Waals surface area contributed by atoms with Gasteiger partial charge in [0.05, 0.1) is 0 Å². The number of hydrogen-bond donors (Lipinski definition) is 0. The molecule has 0 atom stereocenters. The van der Waals surface area contributed by atoms with Crippen LogP contribution in [0.3, 0.4) is 0 Å². The van der Waals surface area contributed by atoms with Crippen LogP contribution in [-0.4, -0.2) is 4.98 Å². The average Bonchev–Trinajstić information content (AvgIpc) is 2.15. The zero-order valence-electron chi connectivity index (χ0n) is 15.2. The predicted octanol–water partition coefficient (Wildman–Crippen LogP) is 12.5. The van der Waals surface area contributed by atoms with Gasteiger partial charge in [0.15, 0.2) is 0 Å². The Hall–Kier alpha value is -0.171. The molecule has 0 saturated heterocycles. The van der Waals surface area contributed by atoms with Crippen LogP contribution in [0.1, 0.15) is 26.3 Å². The molecule has 0 aliphatic rings. The fourth-order valence-corrected chi connectivity index (χ4v) is 0.852. The number of hydrogen-bond acceptors (Lipinski definition) is 1.